The normalized spacial score (nSPS) is 16.6. The molecule has 0 radical (unpaired) electrons. The number of ether oxygens (including phenoxy) is 1. The number of benzene rings is 1. The maximum Gasteiger partial charge on any atom is 0.341 e. The van der Waals surface area contributed by atoms with Crippen LogP contribution in [0.2, 0.25) is 0 Å². The number of hydrogen-bond acceptors (Lipinski definition) is 2. The Morgan fingerprint density at radius 2 is 1.61 bits per heavy atom. The predicted octanol–water partition coefficient (Wildman–Crippen LogP) is 3.59. The van der Waals surface area contributed by atoms with E-state index in [1.165, 1.54) is 0 Å². The second-order valence-electron chi connectivity index (χ2n) is 4.41. The minimum atomic E-state index is -1.32. The Hall–Kier alpha value is -1.52. The van der Waals surface area contributed by atoms with Gasteiger partial charge in [0, 0.05) is 6.07 Å². The largest absolute Gasteiger partial charge is 0.459 e. The molecule has 0 atom stereocenters. The van der Waals surface area contributed by atoms with Crippen molar-refractivity contribution in [1.29, 1.82) is 0 Å². The van der Waals surface area contributed by atoms with Gasteiger partial charge in [0.05, 0.1) is 5.56 Å². The van der Waals surface area contributed by atoms with Gasteiger partial charge in [-0.15, -0.1) is 0 Å². The SMILES string of the molecule is O=C(OC1CCCCC1)c1cc(F)c(F)cc1F. The molecule has 0 saturated heterocycles. The molecule has 0 unspecified atom stereocenters. The molecule has 1 aromatic rings. The highest BCUT2D eigenvalue weighted by Crippen LogP contribution is 2.22. The summed E-state index contributed by atoms with van der Waals surface area (Å²) in [4.78, 5) is 11.6. The number of carbonyl (C=O) groups excluding carboxylic acids is 1. The van der Waals surface area contributed by atoms with Crippen molar-refractivity contribution in [3.05, 3.63) is 35.1 Å². The van der Waals surface area contributed by atoms with Crippen molar-refractivity contribution in [2.45, 2.75) is 38.2 Å². The maximum absolute atomic E-state index is 13.3. The quantitative estimate of drug-likeness (QED) is 0.598. The van der Waals surface area contributed by atoms with Crippen LogP contribution in [0.1, 0.15) is 42.5 Å². The van der Waals surface area contributed by atoms with E-state index >= 15 is 0 Å². The standard InChI is InChI=1S/C13H13F3O2/c14-10-7-12(16)11(15)6-9(10)13(17)18-8-4-2-1-3-5-8/h6-8H,1-5H2. The smallest absolute Gasteiger partial charge is 0.341 e. The first-order valence-electron chi connectivity index (χ1n) is 5.93. The van der Waals surface area contributed by atoms with Crippen LogP contribution >= 0.6 is 0 Å². The first kappa shape index (κ1) is 12.9. The van der Waals surface area contributed by atoms with Crippen molar-refractivity contribution in [1.82, 2.24) is 0 Å². The van der Waals surface area contributed by atoms with E-state index in [4.69, 9.17) is 4.74 Å². The molecular weight excluding hydrogens is 245 g/mol. The minimum Gasteiger partial charge on any atom is -0.459 e. The summed E-state index contributed by atoms with van der Waals surface area (Å²) in [5.41, 5.74) is -0.556. The van der Waals surface area contributed by atoms with Crippen LogP contribution in [-0.2, 0) is 4.74 Å². The van der Waals surface area contributed by atoms with Gasteiger partial charge < -0.3 is 4.74 Å². The summed E-state index contributed by atoms with van der Waals surface area (Å²) in [5.74, 6) is -4.61. The van der Waals surface area contributed by atoms with Gasteiger partial charge >= 0.3 is 5.97 Å². The third-order valence-corrected chi connectivity index (χ3v) is 3.06. The van der Waals surface area contributed by atoms with Gasteiger partial charge in [-0.3, -0.25) is 0 Å². The minimum absolute atomic E-state index is 0.251. The molecule has 0 aromatic heterocycles. The van der Waals surface area contributed by atoms with E-state index in [2.05, 4.69) is 0 Å². The summed E-state index contributed by atoms with van der Waals surface area (Å²) in [6.45, 7) is 0. The first-order chi connectivity index (χ1) is 8.58. The fourth-order valence-electron chi connectivity index (χ4n) is 2.08. The molecule has 0 N–H and O–H groups in total. The van der Waals surface area contributed by atoms with E-state index in [0.29, 0.717) is 12.1 Å². The lowest BCUT2D eigenvalue weighted by molar-refractivity contribution is 0.0205. The van der Waals surface area contributed by atoms with Crippen LogP contribution in [0.3, 0.4) is 0 Å². The van der Waals surface area contributed by atoms with Crippen molar-refractivity contribution < 1.29 is 22.7 Å². The number of halogens is 3. The summed E-state index contributed by atoms with van der Waals surface area (Å²) >= 11 is 0. The van der Waals surface area contributed by atoms with Crippen LogP contribution in [0.15, 0.2) is 12.1 Å². The average molecular weight is 258 g/mol. The molecular formula is C13H13F3O2. The van der Waals surface area contributed by atoms with Crippen LogP contribution < -0.4 is 0 Å². The van der Waals surface area contributed by atoms with Crippen LogP contribution in [0, 0.1) is 17.5 Å². The van der Waals surface area contributed by atoms with Gasteiger partial charge in [-0.25, -0.2) is 18.0 Å². The van der Waals surface area contributed by atoms with Gasteiger partial charge in [0.1, 0.15) is 11.9 Å². The molecule has 1 aliphatic carbocycles. The van der Waals surface area contributed by atoms with Crippen LogP contribution in [0.25, 0.3) is 0 Å². The summed E-state index contributed by atoms with van der Waals surface area (Å²) in [5, 5.41) is 0. The van der Waals surface area contributed by atoms with Crippen LogP contribution in [0.5, 0.6) is 0 Å². The van der Waals surface area contributed by atoms with Gasteiger partial charge in [0.2, 0.25) is 0 Å². The Morgan fingerprint density at radius 3 is 2.28 bits per heavy atom. The molecule has 98 valence electrons. The monoisotopic (exact) mass is 258 g/mol. The fraction of sp³-hybridized carbons (Fsp3) is 0.462. The van der Waals surface area contributed by atoms with Crippen molar-refractivity contribution >= 4 is 5.97 Å². The van der Waals surface area contributed by atoms with Gasteiger partial charge in [0.25, 0.3) is 0 Å². The molecule has 5 heteroatoms. The predicted molar refractivity (Wildman–Crippen MR) is 58.6 cm³/mol. The third-order valence-electron chi connectivity index (χ3n) is 3.06. The fourth-order valence-corrected chi connectivity index (χ4v) is 2.08. The Labute approximate surface area is 103 Å². The molecule has 18 heavy (non-hydrogen) atoms. The first-order valence-corrected chi connectivity index (χ1v) is 5.93. The molecule has 1 fully saturated rings. The van der Waals surface area contributed by atoms with E-state index in [-0.39, 0.29) is 6.10 Å². The number of rotatable bonds is 2. The van der Waals surface area contributed by atoms with E-state index in [0.717, 1.165) is 32.1 Å². The molecule has 1 aliphatic rings. The molecule has 2 nitrogen and oxygen atoms in total. The molecule has 0 spiro atoms. The molecule has 1 saturated carbocycles. The van der Waals surface area contributed by atoms with Gasteiger partial charge in [-0.05, 0) is 31.7 Å². The summed E-state index contributed by atoms with van der Waals surface area (Å²) in [6, 6.07) is 0.891. The topological polar surface area (TPSA) is 26.3 Å². The zero-order chi connectivity index (χ0) is 13.1. The molecule has 2 rings (SSSR count). The molecule has 0 bridgehead atoms. The molecule has 0 amide bonds. The zero-order valence-corrected chi connectivity index (χ0v) is 9.72. The summed E-state index contributed by atoms with van der Waals surface area (Å²) in [7, 11) is 0. The highest BCUT2D eigenvalue weighted by molar-refractivity contribution is 5.89. The lowest BCUT2D eigenvalue weighted by Gasteiger charge is -2.21. The van der Waals surface area contributed by atoms with Gasteiger partial charge in [-0.2, -0.15) is 0 Å². The molecule has 0 aliphatic heterocycles. The van der Waals surface area contributed by atoms with Gasteiger partial charge in [-0.1, -0.05) is 6.42 Å². The Bertz CT molecular complexity index is 454. The molecule has 1 aromatic carbocycles. The van der Waals surface area contributed by atoms with Crippen molar-refractivity contribution in [3.63, 3.8) is 0 Å². The average Bonchev–Trinajstić information content (AvgIpc) is 2.35. The van der Waals surface area contributed by atoms with Crippen molar-refractivity contribution in [2.24, 2.45) is 0 Å². The lowest BCUT2D eigenvalue weighted by Crippen LogP contribution is -2.21. The van der Waals surface area contributed by atoms with Crippen molar-refractivity contribution in [3.8, 4) is 0 Å². The van der Waals surface area contributed by atoms with Crippen molar-refractivity contribution in [2.75, 3.05) is 0 Å². The maximum atomic E-state index is 13.3. The number of hydrogen-bond donors (Lipinski definition) is 0. The zero-order valence-electron chi connectivity index (χ0n) is 9.72. The second-order valence-corrected chi connectivity index (χ2v) is 4.41. The van der Waals surface area contributed by atoms with E-state index < -0.39 is 29.0 Å². The Balaban J connectivity index is 2.10. The van der Waals surface area contributed by atoms with E-state index in [9.17, 15) is 18.0 Å². The van der Waals surface area contributed by atoms with E-state index in [1.807, 2.05) is 0 Å². The summed E-state index contributed by atoms with van der Waals surface area (Å²) < 4.78 is 44.1. The highest BCUT2D eigenvalue weighted by atomic mass is 19.2. The molecule has 0 heterocycles. The number of carbonyl (C=O) groups is 1. The van der Waals surface area contributed by atoms with Crippen LogP contribution in [-0.4, -0.2) is 12.1 Å². The third kappa shape index (κ3) is 2.83. The Kier molecular flexibility index (Phi) is 3.89. The highest BCUT2D eigenvalue weighted by Gasteiger charge is 2.22. The second kappa shape index (κ2) is 5.42. The van der Waals surface area contributed by atoms with E-state index in [1.54, 1.807) is 0 Å². The lowest BCUT2D eigenvalue weighted by atomic mass is 9.98. The van der Waals surface area contributed by atoms with Gasteiger partial charge in [0.15, 0.2) is 11.6 Å². The Morgan fingerprint density at radius 1 is 1.00 bits per heavy atom. The number of esters is 1. The summed E-state index contributed by atoms with van der Waals surface area (Å²) in [6.07, 6.45) is 4.22. The van der Waals surface area contributed by atoms with Crippen LogP contribution in [0.4, 0.5) is 13.2 Å².